The number of para-hydroxylation sites is 1. The Balaban J connectivity index is 1.40. The van der Waals surface area contributed by atoms with Gasteiger partial charge < -0.3 is 10.1 Å². The second-order valence-corrected chi connectivity index (χ2v) is 7.10. The van der Waals surface area contributed by atoms with Gasteiger partial charge in [-0.2, -0.15) is 0 Å². The average molecular weight is 379 g/mol. The molecule has 0 saturated carbocycles. The fourth-order valence-electron chi connectivity index (χ4n) is 2.78. The number of nitrogens with one attached hydrogen (secondary N) is 1. The van der Waals surface area contributed by atoms with Gasteiger partial charge in [0, 0.05) is 30.2 Å². The summed E-state index contributed by atoms with van der Waals surface area (Å²) in [5.74, 6) is 1.65. The van der Waals surface area contributed by atoms with E-state index in [-0.39, 0.29) is 17.4 Å². The predicted octanol–water partition coefficient (Wildman–Crippen LogP) is 3.40. The maximum Gasteiger partial charge on any atom is 0.254 e. The lowest BCUT2D eigenvalue weighted by molar-refractivity contribution is -0.119. The highest BCUT2D eigenvalue weighted by atomic mass is 32.2. The van der Waals surface area contributed by atoms with Crippen LogP contribution in [0.15, 0.2) is 76.8 Å². The summed E-state index contributed by atoms with van der Waals surface area (Å²) < 4.78 is 7.30. The molecule has 1 aliphatic heterocycles. The van der Waals surface area contributed by atoms with Crippen LogP contribution >= 0.6 is 11.8 Å². The number of nitrogens with zero attached hydrogens (tertiary/aromatic N) is 2. The molecule has 1 aromatic heterocycles. The Morgan fingerprint density at radius 3 is 2.59 bits per heavy atom. The normalized spacial score (nSPS) is 15.6. The van der Waals surface area contributed by atoms with Gasteiger partial charge in [0.1, 0.15) is 11.5 Å². The number of anilines is 1. The summed E-state index contributed by atoms with van der Waals surface area (Å²) in [7, 11) is 0. The van der Waals surface area contributed by atoms with E-state index in [9.17, 15) is 9.59 Å². The zero-order valence-corrected chi connectivity index (χ0v) is 15.2. The van der Waals surface area contributed by atoms with E-state index in [4.69, 9.17) is 4.74 Å². The minimum atomic E-state index is -0.287. The topological polar surface area (TPSA) is 73.2 Å². The Kier molecular flexibility index (Phi) is 4.93. The second kappa shape index (κ2) is 7.67. The molecule has 0 bridgehead atoms. The number of fused-ring (bicyclic) bond motifs is 1. The van der Waals surface area contributed by atoms with Crippen LogP contribution in [0.2, 0.25) is 0 Å². The first kappa shape index (κ1) is 17.4. The lowest BCUT2D eigenvalue weighted by Gasteiger charge is -2.23. The molecule has 0 fully saturated rings. The number of thioether (sulfide) groups is 1. The van der Waals surface area contributed by atoms with E-state index in [0.29, 0.717) is 28.9 Å². The highest BCUT2D eigenvalue weighted by Gasteiger charge is 2.26. The van der Waals surface area contributed by atoms with Crippen molar-refractivity contribution in [3.63, 3.8) is 0 Å². The van der Waals surface area contributed by atoms with E-state index in [0.717, 1.165) is 5.75 Å². The fourth-order valence-corrected chi connectivity index (χ4v) is 3.85. The molecule has 2 heterocycles. The number of aromatic nitrogens is 2. The molecule has 0 spiro atoms. The Labute approximate surface area is 160 Å². The summed E-state index contributed by atoms with van der Waals surface area (Å²) in [6.45, 7) is 0.343. The number of benzene rings is 2. The lowest BCUT2D eigenvalue weighted by Crippen LogP contribution is -2.36. The van der Waals surface area contributed by atoms with E-state index in [1.54, 1.807) is 16.7 Å². The number of hydrogen-bond donors (Lipinski definition) is 1. The summed E-state index contributed by atoms with van der Waals surface area (Å²) in [6, 6.07) is 18.1. The van der Waals surface area contributed by atoms with Crippen molar-refractivity contribution < 1.29 is 9.53 Å². The third kappa shape index (κ3) is 4.03. The van der Waals surface area contributed by atoms with Gasteiger partial charge in [0.05, 0.1) is 5.92 Å². The monoisotopic (exact) mass is 379 g/mol. The number of rotatable bonds is 4. The Hall–Kier alpha value is -3.06. The molecule has 4 rings (SSSR count). The quantitative estimate of drug-likeness (QED) is 0.704. The molecule has 0 radical (unpaired) electrons. The first-order chi connectivity index (χ1) is 13.2. The Morgan fingerprint density at radius 2 is 1.81 bits per heavy atom. The number of ether oxygens (including phenoxy) is 1. The van der Waals surface area contributed by atoms with Crippen LogP contribution in [0.5, 0.6) is 11.5 Å². The van der Waals surface area contributed by atoms with Crippen LogP contribution < -0.4 is 15.6 Å². The van der Waals surface area contributed by atoms with Crippen molar-refractivity contribution in [2.45, 2.75) is 11.7 Å². The molecule has 3 aromatic rings. The van der Waals surface area contributed by atoms with Crippen LogP contribution in [0.25, 0.3) is 0 Å². The van der Waals surface area contributed by atoms with E-state index >= 15 is 0 Å². The molecule has 1 amide bonds. The Bertz CT molecular complexity index is 1000. The summed E-state index contributed by atoms with van der Waals surface area (Å²) in [5, 5.41) is 3.57. The van der Waals surface area contributed by atoms with Gasteiger partial charge in [-0.05, 0) is 36.4 Å². The van der Waals surface area contributed by atoms with Crippen LogP contribution in [0.4, 0.5) is 5.69 Å². The van der Waals surface area contributed by atoms with E-state index in [1.807, 2.05) is 42.5 Å². The van der Waals surface area contributed by atoms with Crippen LogP contribution in [0.3, 0.4) is 0 Å². The van der Waals surface area contributed by atoms with E-state index in [2.05, 4.69) is 10.3 Å². The van der Waals surface area contributed by atoms with Gasteiger partial charge in [-0.1, -0.05) is 30.0 Å². The van der Waals surface area contributed by atoms with Crippen molar-refractivity contribution in [1.82, 2.24) is 9.55 Å². The highest BCUT2D eigenvalue weighted by Crippen LogP contribution is 2.26. The summed E-state index contributed by atoms with van der Waals surface area (Å²) >= 11 is 1.42. The van der Waals surface area contributed by atoms with Gasteiger partial charge in [-0.3, -0.25) is 14.2 Å². The maximum atomic E-state index is 12.6. The smallest absolute Gasteiger partial charge is 0.254 e. The molecule has 1 N–H and O–H groups in total. The van der Waals surface area contributed by atoms with Crippen LogP contribution in [-0.2, 0) is 11.3 Å². The molecule has 0 saturated heterocycles. The van der Waals surface area contributed by atoms with Crippen molar-refractivity contribution in [1.29, 1.82) is 0 Å². The standard InChI is InChI=1S/C20H17N3O3S/c24-18-10-11-21-20-23(18)12-14(13-27-20)19(25)22-15-6-8-17(9-7-15)26-16-4-2-1-3-5-16/h1-11,14H,12-13H2,(H,22,25). The van der Waals surface area contributed by atoms with Crippen molar-refractivity contribution in [3.05, 3.63) is 77.2 Å². The zero-order valence-electron chi connectivity index (χ0n) is 14.4. The Morgan fingerprint density at radius 1 is 1.07 bits per heavy atom. The first-order valence-corrected chi connectivity index (χ1v) is 9.50. The summed E-state index contributed by atoms with van der Waals surface area (Å²) in [6.07, 6.45) is 1.50. The number of carbonyl (C=O) groups excluding carboxylic acids is 1. The molecule has 7 heteroatoms. The minimum absolute atomic E-state index is 0.111. The summed E-state index contributed by atoms with van der Waals surface area (Å²) in [5.41, 5.74) is 0.558. The molecular formula is C20H17N3O3S. The SMILES string of the molecule is O=C(Nc1ccc(Oc2ccccc2)cc1)C1CSc2nccc(=O)n2C1. The molecule has 1 atom stereocenters. The minimum Gasteiger partial charge on any atom is -0.457 e. The number of hydrogen-bond acceptors (Lipinski definition) is 5. The summed E-state index contributed by atoms with van der Waals surface area (Å²) in [4.78, 5) is 28.7. The molecule has 27 heavy (non-hydrogen) atoms. The highest BCUT2D eigenvalue weighted by molar-refractivity contribution is 7.99. The molecule has 136 valence electrons. The molecule has 0 aliphatic carbocycles. The molecule has 2 aromatic carbocycles. The van der Waals surface area contributed by atoms with E-state index in [1.165, 1.54) is 24.0 Å². The van der Waals surface area contributed by atoms with Crippen LogP contribution in [-0.4, -0.2) is 21.2 Å². The van der Waals surface area contributed by atoms with Crippen molar-refractivity contribution >= 4 is 23.4 Å². The van der Waals surface area contributed by atoms with Crippen molar-refractivity contribution in [2.75, 3.05) is 11.1 Å². The third-order valence-corrected chi connectivity index (χ3v) is 5.34. The largest absolute Gasteiger partial charge is 0.457 e. The predicted molar refractivity (Wildman–Crippen MR) is 104 cm³/mol. The van der Waals surface area contributed by atoms with E-state index < -0.39 is 0 Å². The molecule has 6 nitrogen and oxygen atoms in total. The van der Waals surface area contributed by atoms with Crippen LogP contribution in [0.1, 0.15) is 0 Å². The van der Waals surface area contributed by atoms with Gasteiger partial charge in [0.15, 0.2) is 5.16 Å². The van der Waals surface area contributed by atoms with Crippen molar-refractivity contribution in [3.8, 4) is 11.5 Å². The van der Waals surface area contributed by atoms with Gasteiger partial charge in [-0.25, -0.2) is 4.98 Å². The lowest BCUT2D eigenvalue weighted by atomic mass is 10.1. The first-order valence-electron chi connectivity index (χ1n) is 8.51. The van der Waals surface area contributed by atoms with Gasteiger partial charge in [0.2, 0.25) is 5.91 Å². The fraction of sp³-hybridized carbons (Fsp3) is 0.150. The van der Waals surface area contributed by atoms with Gasteiger partial charge in [-0.15, -0.1) is 0 Å². The van der Waals surface area contributed by atoms with Crippen LogP contribution in [0, 0.1) is 5.92 Å². The second-order valence-electron chi connectivity index (χ2n) is 6.11. The molecule has 1 unspecified atom stereocenters. The zero-order chi connectivity index (χ0) is 18.6. The van der Waals surface area contributed by atoms with Gasteiger partial charge >= 0.3 is 0 Å². The number of amides is 1. The number of carbonyl (C=O) groups is 1. The van der Waals surface area contributed by atoms with Gasteiger partial charge in [0.25, 0.3) is 5.56 Å². The van der Waals surface area contributed by atoms with Crippen molar-refractivity contribution in [2.24, 2.45) is 5.92 Å². The average Bonchev–Trinajstić information content (AvgIpc) is 2.70. The molecular weight excluding hydrogens is 362 g/mol. The molecule has 1 aliphatic rings. The third-order valence-electron chi connectivity index (χ3n) is 4.19. The maximum absolute atomic E-state index is 12.6.